The molecule has 0 spiro atoms. The molecule has 0 bridgehead atoms. The average Bonchev–Trinajstić information content (AvgIpc) is 3.22. The van der Waals surface area contributed by atoms with Crippen molar-refractivity contribution in [2.45, 2.75) is 38.1 Å². The van der Waals surface area contributed by atoms with Crippen LogP contribution in [0.5, 0.6) is 0 Å². The molecule has 1 amide bonds. The van der Waals surface area contributed by atoms with Crippen molar-refractivity contribution >= 4 is 44.9 Å². The fourth-order valence-corrected chi connectivity index (χ4v) is 6.06. The van der Waals surface area contributed by atoms with E-state index in [-0.39, 0.29) is 23.3 Å². The van der Waals surface area contributed by atoms with Gasteiger partial charge in [-0.15, -0.1) is 11.3 Å². The monoisotopic (exact) mass is 491 g/mol. The second-order valence-electron chi connectivity index (χ2n) is 8.55. The van der Waals surface area contributed by atoms with Crippen LogP contribution >= 0.6 is 23.1 Å². The SMILES string of the molecule is CC(C)[C@H]1Cc2c(sc3nc(SCC(=O)Nc4ccccc4)n(-c4ccccc4)c(=O)c23)CO1. The van der Waals surface area contributed by atoms with Gasteiger partial charge in [-0.05, 0) is 35.7 Å². The van der Waals surface area contributed by atoms with E-state index >= 15 is 0 Å². The van der Waals surface area contributed by atoms with Gasteiger partial charge in [0.15, 0.2) is 5.16 Å². The average molecular weight is 492 g/mol. The smallest absolute Gasteiger partial charge is 0.267 e. The van der Waals surface area contributed by atoms with Crippen LogP contribution in [0.4, 0.5) is 5.69 Å². The van der Waals surface area contributed by atoms with Crippen molar-refractivity contribution < 1.29 is 9.53 Å². The summed E-state index contributed by atoms with van der Waals surface area (Å²) in [4.78, 5) is 33.1. The first-order chi connectivity index (χ1) is 16.5. The van der Waals surface area contributed by atoms with E-state index in [4.69, 9.17) is 9.72 Å². The van der Waals surface area contributed by atoms with Gasteiger partial charge in [0.25, 0.3) is 5.56 Å². The van der Waals surface area contributed by atoms with Gasteiger partial charge in [-0.2, -0.15) is 0 Å². The maximum absolute atomic E-state index is 13.9. The van der Waals surface area contributed by atoms with E-state index in [1.165, 1.54) is 23.1 Å². The van der Waals surface area contributed by atoms with Gasteiger partial charge in [-0.25, -0.2) is 4.98 Å². The molecule has 6 nitrogen and oxygen atoms in total. The number of thioether (sulfide) groups is 1. The minimum Gasteiger partial charge on any atom is -0.372 e. The van der Waals surface area contributed by atoms with E-state index < -0.39 is 0 Å². The van der Waals surface area contributed by atoms with Gasteiger partial charge in [-0.1, -0.05) is 62.0 Å². The number of amides is 1. The number of carbonyl (C=O) groups excluding carboxylic acids is 1. The summed E-state index contributed by atoms with van der Waals surface area (Å²) in [5.74, 6) is 0.359. The Bertz CT molecular complexity index is 1380. The molecule has 174 valence electrons. The predicted octanol–water partition coefficient (Wildman–Crippen LogP) is 5.28. The summed E-state index contributed by atoms with van der Waals surface area (Å²) >= 11 is 2.78. The molecular weight excluding hydrogens is 466 g/mol. The van der Waals surface area contributed by atoms with E-state index in [2.05, 4.69) is 19.2 Å². The van der Waals surface area contributed by atoms with Crippen molar-refractivity contribution in [2.75, 3.05) is 11.1 Å². The molecule has 0 unspecified atom stereocenters. The summed E-state index contributed by atoms with van der Waals surface area (Å²) < 4.78 is 7.67. The zero-order valence-electron chi connectivity index (χ0n) is 19.0. The Morgan fingerprint density at radius 3 is 2.59 bits per heavy atom. The number of ether oxygens (including phenoxy) is 1. The number of fused-ring (bicyclic) bond motifs is 3. The third kappa shape index (κ3) is 4.53. The molecule has 0 saturated heterocycles. The molecule has 4 aromatic rings. The molecule has 3 heterocycles. The summed E-state index contributed by atoms with van der Waals surface area (Å²) in [6.07, 6.45) is 0.802. The number of anilines is 1. The number of nitrogens with zero attached hydrogens (tertiary/aromatic N) is 2. The summed E-state index contributed by atoms with van der Waals surface area (Å²) in [5, 5.41) is 4.07. The Morgan fingerprint density at radius 1 is 1.18 bits per heavy atom. The summed E-state index contributed by atoms with van der Waals surface area (Å²) in [6.45, 7) is 4.78. The molecule has 1 aliphatic heterocycles. The number of benzene rings is 2. The Morgan fingerprint density at radius 2 is 1.88 bits per heavy atom. The van der Waals surface area contributed by atoms with Crippen LogP contribution in [0.3, 0.4) is 0 Å². The second kappa shape index (κ2) is 9.74. The highest BCUT2D eigenvalue weighted by Crippen LogP contribution is 2.36. The number of thiophene rings is 1. The predicted molar refractivity (Wildman–Crippen MR) is 138 cm³/mol. The molecule has 2 aromatic carbocycles. The fourth-order valence-electron chi connectivity index (χ4n) is 4.09. The maximum Gasteiger partial charge on any atom is 0.267 e. The number of carbonyl (C=O) groups is 1. The first-order valence-corrected chi connectivity index (χ1v) is 13.0. The van der Waals surface area contributed by atoms with Gasteiger partial charge in [0.05, 0.1) is 29.5 Å². The molecular formula is C26H25N3O3S2. The quantitative estimate of drug-likeness (QED) is 0.294. The molecule has 1 N–H and O–H groups in total. The number of aromatic nitrogens is 2. The van der Waals surface area contributed by atoms with E-state index in [1.54, 1.807) is 4.57 Å². The molecule has 0 aliphatic carbocycles. The van der Waals surface area contributed by atoms with E-state index in [0.29, 0.717) is 34.3 Å². The van der Waals surface area contributed by atoms with Crippen molar-refractivity contribution in [3.05, 3.63) is 81.5 Å². The van der Waals surface area contributed by atoms with Gasteiger partial charge < -0.3 is 10.1 Å². The van der Waals surface area contributed by atoms with Crippen LogP contribution in [0.2, 0.25) is 0 Å². The standard InChI is InChI=1S/C26H25N3O3S2/c1-16(2)20-13-19-21(14-32-20)34-24-23(19)25(31)29(18-11-7-4-8-12-18)26(28-24)33-15-22(30)27-17-9-5-3-6-10-17/h3-12,16,20H,13-15H2,1-2H3,(H,27,30)/t20-/m1/s1. The lowest BCUT2D eigenvalue weighted by Gasteiger charge is -2.26. The van der Waals surface area contributed by atoms with Crippen molar-refractivity contribution in [1.29, 1.82) is 0 Å². The normalized spacial score (nSPS) is 15.4. The molecule has 8 heteroatoms. The van der Waals surface area contributed by atoms with Gasteiger partial charge in [0.2, 0.25) is 5.91 Å². The minimum absolute atomic E-state index is 0.0885. The van der Waals surface area contributed by atoms with Crippen LogP contribution < -0.4 is 10.9 Å². The maximum atomic E-state index is 13.9. The number of para-hydroxylation sites is 2. The number of hydrogen-bond donors (Lipinski definition) is 1. The minimum atomic E-state index is -0.149. The number of hydrogen-bond acceptors (Lipinski definition) is 6. The second-order valence-corrected chi connectivity index (χ2v) is 10.6. The highest BCUT2D eigenvalue weighted by atomic mass is 32.2. The van der Waals surface area contributed by atoms with Crippen LogP contribution in [-0.2, 0) is 22.6 Å². The molecule has 5 rings (SSSR count). The molecule has 1 atom stereocenters. The lowest BCUT2D eigenvalue weighted by Crippen LogP contribution is -2.28. The third-order valence-electron chi connectivity index (χ3n) is 5.86. The van der Waals surface area contributed by atoms with E-state index in [1.807, 2.05) is 60.7 Å². The molecule has 1 aliphatic rings. The van der Waals surface area contributed by atoms with Crippen LogP contribution in [0.25, 0.3) is 15.9 Å². The third-order valence-corrected chi connectivity index (χ3v) is 7.90. The zero-order valence-corrected chi connectivity index (χ0v) is 20.6. The highest BCUT2D eigenvalue weighted by Gasteiger charge is 2.28. The number of rotatable bonds is 6. The molecule has 0 saturated carbocycles. The molecule has 34 heavy (non-hydrogen) atoms. The highest BCUT2D eigenvalue weighted by molar-refractivity contribution is 7.99. The topological polar surface area (TPSA) is 73.2 Å². The Kier molecular flexibility index (Phi) is 6.54. The largest absolute Gasteiger partial charge is 0.372 e. The fraction of sp³-hybridized carbons (Fsp3) is 0.269. The molecule has 0 fully saturated rings. The van der Waals surface area contributed by atoms with E-state index in [9.17, 15) is 9.59 Å². The van der Waals surface area contributed by atoms with E-state index in [0.717, 1.165) is 21.8 Å². The lowest BCUT2D eigenvalue weighted by atomic mass is 9.96. The van der Waals surface area contributed by atoms with Crippen LogP contribution in [-0.4, -0.2) is 27.3 Å². The van der Waals surface area contributed by atoms with Crippen molar-refractivity contribution in [1.82, 2.24) is 9.55 Å². The summed E-state index contributed by atoms with van der Waals surface area (Å²) in [6, 6.07) is 18.8. The lowest BCUT2D eigenvalue weighted by molar-refractivity contribution is -0.113. The van der Waals surface area contributed by atoms with Crippen molar-refractivity contribution in [2.24, 2.45) is 5.92 Å². The van der Waals surface area contributed by atoms with Crippen molar-refractivity contribution in [3.8, 4) is 5.69 Å². The van der Waals surface area contributed by atoms with Crippen LogP contribution in [0.1, 0.15) is 24.3 Å². The first-order valence-electron chi connectivity index (χ1n) is 11.2. The molecule has 2 aromatic heterocycles. The summed E-state index contributed by atoms with van der Waals surface area (Å²) in [7, 11) is 0. The first kappa shape index (κ1) is 22.8. The molecule has 0 radical (unpaired) electrons. The Labute approximate surface area is 206 Å². The van der Waals surface area contributed by atoms with Gasteiger partial charge >= 0.3 is 0 Å². The van der Waals surface area contributed by atoms with Crippen LogP contribution in [0.15, 0.2) is 70.6 Å². The number of nitrogens with one attached hydrogen (secondary N) is 1. The van der Waals surface area contributed by atoms with Crippen molar-refractivity contribution in [3.63, 3.8) is 0 Å². The van der Waals surface area contributed by atoms with Gasteiger partial charge in [-0.3, -0.25) is 14.2 Å². The Balaban J connectivity index is 1.53. The van der Waals surface area contributed by atoms with Crippen LogP contribution in [0, 0.1) is 5.92 Å². The summed E-state index contributed by atoms with van der Waals surface area (Å²) in [5.41, 5.74) is 2.44. The Hall–Kier alpha value is -2.94. The van der Waals surface area contributed by atoms with Gasteiger partial charge in [0, 0.05) is 17.0 Å². The zero-order chi connectivity index (χ0) is 23.7. The van der Waals surface area contributed by atoms with Gasteiger partial charge in [0.1, 0.15) is 4.83 Å².